The van der Waals surface area contributed by atoms with Crippen molar-refractivity contribution in [1.29, 1.82) is 0 Å². The predicted molar refractivity (Wildman–Crippen MR) is 78.1 cm³/mol. The first kappa shape index (κ1) is 12.7. The van der Waals surface area contributed by atoms with Crippen molar-refractivity contribution in [1.82, 2.24) is 0 Å². The first-order valence-corrected chi connectivity index (χ1v) is 7.40. The summed E-state index contributed by atoms with van der Waals surface area (Å²) in [6.45, 7) is 4.57. The molecule has 2 unspecified atom stereocenters. The van der Waals surface area contributed by atoms with E-state index in [9.17, 15) is 4.79 Å². The van der Waals surface area contributed by atoms with Crippen LogP contribution in [-0.2, 0) is 4.79 Å². The molecular formula is C17H23NO. The molecule has 2 aliphatic carbocycles. The lowest BCUT2D eigenvalue weighted by Crippen LogP contribution is -2.30. The molecule has 0 aliphatic heterocycles. The maximum Gasteiger partial charge on any atom is 0.141 e. The summed E-state index contributed by atoms with van der Waals surface area (Å²) in [5, 5.41) is 3.59. The average molecular weight is 257 g/mol. The summed E-state index contributed by atoms with van der Waals surface area (Å²) in [5.74, 6) is 1.10. The molecule has 0 amide bonds. The van der Waals surface area contributed by atoms with Gasteiger partial charge in [0.25, 0.3) is 0 Å². The molecule has 3 rings (SSSR count). The third-order valence-corrected chi connectivity index (χ3v) is 4.50. The van der Waals surface area contributed by atoms with Crippen LogP contribution >= 0.6 is 0 Å². The predicted octanol–water partition coefficient (Wildman–Crippen LogP) is 3.88. The number of anilines is 1. The molecule has 0 radical (unpaired) electrons. The number of para-hydroxylation sites is 1. The molecule has 2 fully saturated rings. The van der Waals surface area contributed by atoms with Crippen LogP contribution in [0.4, 0.5) is 5.69 Å². The van der Waals surface area contributed by atoms with E-state index in [1.54, 1.807) is 0 Å². The van der Waals surface area contributed by atoms with Crippen molar-refractivity contribution in [3.8, 4) is 0 Å². The van der Waals surface area contributed by atoms with Crippen LogP contribution in [0.25, 0.3) is 0 Å². The van der Waals surface area contributed by atoms with E-state index in [0.29, 0.717) is 17.7 Å². The van der Waals surface area contributed by atoms with E-state index in [4.69, 9.17) is 0 Å². The summed E-state index contributed by atoms with van der Waals surface area (Å²) in [6.07, 6.45) is 4.36. The average Bonchev–Trinajstić information content (AvgIpc) is 3.16. The normalized spacial score (nSPS) is 29.2. The molecule has 0 saturated heterocycles. The summed E-state index contributed by atoms with van der Waals surface area (Å²) >= 11 is 0. The van der Waals surface area contributed by atoms with Crippen LogP contribution in [0.5, 0.6) is 0 Å². The Hall–Kier alpha value is -1.31. The van der Waals surface area contributed by atoms with Crippen molar-refractivity contribution in [2.75, 3.05) is 5.32 Å². The minimum atomic E-state index is 0.211. The van der Waals surface area contributed by atoms with Gasteiger partial charge < -0.3 is 5.32 Å². The van der Waals surface area contributed by atoms with Crippen molar-refractivity contribution < 1.29 is 4.79 Å². The Morgan fingerprint density at radius 1 is 1.16 bits per heavy atom. The molecule has 19 heavy (non-hydrogen) atoms. The van der Waals surface area contributed by atoms with Gasteiger partial charge in [0.1, 0.15) is 5.78 Å². The second kappa shape index (κ2) is 4.66. The van der Waals surface area contributed by atoms with Gasteiger partial charge in [-0.1, -0.05) is 32.0 Å². The molecule has 0 spiro atoms. The maximum absolute atomic E-state index is 12.5. The fourth-order valence-corrected chi connectivity index (χ4v) is 3.43. The Balaban J connectivity index is 1.75. The van der Waals surface area contributed by atoms with E-state index in [1.807, 2.05) is 18.2 Å². The molecule has 1 N–H and O–H groups in total. The third-order valence-electron chi connectivity index (χ3n) is 4.50. The minimum Gasteiger partial charge on any atom is -0.382 e. The van der Waals surface area contributed by atoms with Gasteiger partial charge in [-0.25, -0.2) is 0 Å². The molecule has 1 aromatic carbocycles. The van der Waals surface area contributed by atoms with Gasteiger partial charge in [-0.15, -0.1) is 0 Å². The second-order valence-corrected chi connectivity index (χ2v) is 6.97. The Bertz CT molecular complexity index is 461. The van der Waals surface area contributed by atoms with E-state index in [0.717, 1.165) is 31.4 Å². The standard InChI is InChI=1S/C17H23NO/c1-17(2)10-14(16(19)12-8-9-12)15(11-17)18-13-6-4-3-5-7-13/h3-7,12,14-15,18H,8-11H2,1-2H3. The van der Waals surface area contributed by atoms with Gasteiger partial charge in [0, 0.05) is 23.6 Å². The zero-order valence-corrected chi connectivity index (χ0v) is 11.9. The molecule has 2 heteroatoms. The summed E-state index contributed by atoms with van der Waals surface area (Å²) in [4.78, 5) is 12.5. The van der Waals surface area contributed by atoms with Gasteiger partial charge in [-0.05, 0) is 43.2 Å². The highest BCUT2D eigenvalue weighted by Gasteiger charge is 2.46. The number of Topliss-reactive ketones (excluding diaryl/α,β-unsaturated/α-hetero) is 1. The largest absolute Gasteiger partial charge is 0.382 e. The maximum atomic E-state index is 12.5. The number of hydrogen-bond donors (Lipinski definition) is 1. The SMILES string of the molecule is CC1(C)CC(Nc2ccccc2)C(C(=O)C2CC2)C1. The van der Waals surface area contributed by atoms with Gasteiger partial charge in [-0.3, -0.25) is 4.79 Å². The monoisotopic (exact) mass is 257 g/mol. The number of hydrogen-bond acceptors (Lipinski definition) is 2. The second-order valence-electron chi connectivity index (χ2n) is 6.97. The molecule has 2 saturated carbocycles. The zero-order valence-electron chi connectivity index (χ0n) is 11.9. The van der Waals surface area contributed by atoms with Crippen LogP contribution in [0.15, 0.2) is 30.3 Å². The Labute approximate surface area is 115 Å². The topological polar surface area (TPSA) is 29.1 Å². The highest BCUT2D eigenvalue weighted by atomic mass is 16.1. The lowest BCUT2D eigenvalue weighted by atomic mass is 9.89. The van der Waals surface area contributed by atoms with Crippen LogP contribution in [-0.4, -0.2) is 11.8 Å². The van der Waals surface area contributed by atoms with Crippen molar-refractivity contribution in [3.05, 3.63) is 30.3 Å². The zero-order chi connectivity index (χ0) is 13.5. The number of rotatable bonds is 4. The van der Waals surface area contributed by atoms with E-state index in [1.165, 1.54) is 0 Å². The van der Waals surface area contributed by atoms with Gasteiger partial charge in [0.15, 0.2) is 0 Å². The fourth-order valence-electron chi connectivity index (χ4n) is 3.43. The first-order valence-electron chi connectivity index (χ1n) is 7.40. The molecule has 0 bridgehead atoms. The van der Waals surface area contributed by atoms with Crippen molar-refractivity contribution >= 4 is 11.5 Å². The highest BCUT2D eigenvalue weighted by molar-refractivity contribution is 5.86. The summed E-state index contributed by atoms with van der Waals surface area (Å²) in [7, 11) is 0. The van der Waals surface area contributed by atoms with Crippen molar-refractivity contribution in [3.63, 3.8) is 0 Å². The Kier molecular flexibility index (Phi) is 3.12. The smallest absolute Gasteiger partial charge is 0.141 e. The van der Waals surface area contributed by atoms with Crippen LogP contribution in [0.1, 0.15) is 39.5 Å². The number of nitrogens with one attached hydrogen (secondary N) is 1. The summed E-state index contributed by atoms with van der Waals surface area (Å²) in [5.41, 5.74) is 1.42. The molecule has 2 aliphatic rings. The molecule has 0 aromatic heterocycles. The van der Waals surface area contributed by atoms with E-state index < -0.39 is 0 Å². The highest BCUT2D eigenvalue weighted by Crippen LogP contribution is 2.46. The van der Waals surface area contributed by atoms with Gasteiger partial charge in [0.05, 0.1) is 0 Å². The number of carbonyl (C=O) groups is 1. The van der Waals surface area contributed by atoms with Crippen LogP contribution in [0, 0.1) is 17.3 Å². The molecule has 0 heterocycles. The minimum absolute atomic E-state index is 0.211. The summed E-state index contributed by atoms with van der Waals surface area (Å²) < 4.78 is 0. The molecule has 2 atom stereocenters. The van der Waals surface area contributed by atoms with Crippen LogP contribution in [0.3, 0.4) is 0 Å². The van der Waals surface area contributed by atoms with Gasteiger partial charge in [-0.2, -0.15) is 0 Å². The summed E-state index contributed by atoms with van der Waals surface area (Å²) in [6, 6.07) is 10.6. The van der Waals surface area contributed by atoms with Crippen LogP contribution in [0.2, 0.25) is 0 Å². The molecule has 2 nitrogen and oxygen atoms in total. The lowest BCUT2D eigenvalue weighted by Gasteiger charge is -2.21. The number of benzene rings is 1. The van der Waals surface area contributed by atoms with E-state index >= 15 is 0 Å². The van der Waals surface area contributed by atoms with E-state index in [-0.39, 0.29) is 11.3 Å². The molecule has 1 aromatic rings. The Morgan fingerprint density at radius 3 is 2.47 bits per heavy atom. The third kappa shape index (κ3) is 2.83. The lowest BCUT2D eigenvalue weighted by molar-refractivity contribution is -0.124. The number of ketones is 1. The first-order chi connectivity index (χ1) is 9.05. The van der Waals surface area contributed by atoms with Crippen LogP contribution < -0.4 is 5.32 Å². The van der Waals surface area contributed by atoms with Crippen molar-refractivity contribution in [2.45, 2.75) is 45.6 Å². The van der Waals surface area contributed by atoms with Gasteiger partial charge in [0.2, 0.25) is 0 Å². The Morgan fingerprint density at radius 2 is 1.84 bits per heavy atom. The van der Waals surface area contributed by atoms with Crippen molar-refractivity contribution in [2.24, 2.45) is 17.3 Å². The fraction of sp³-hybridized carbons (Fsp3) is 0.588. The van der Waals surface area contributed by atoms with Gasteiger partial charge >= 0.3 is 0 Å². The number of carbonyl (C=O) groups excluding carboxylic acids is 1. The molecule has 102 valence electrons. The van der Waals surface area contributed by atoms with E-state index in [2.05, 4.69) is 31.3 Å². The molecular weight excluding hydrogens is 234 g/mol. The quantitative estimate of drug-likeness (QED) is 0.886.